The fourth-order valence-electron chi connectivity index (χ4n) is 2.41. The van der Waals surface area contributed by atoms with Crippen LogP contribution in [0.4, 0.5) is 0 Å². The third-order valence-electron chi connectivity index (χ3n) is 3.31. The molecule has 1 fully saturated rings. The number of rotatable bonds is 2. The smallest absolute Gasteiger partial charge is 0.0962 e. The molecule has 0 amide bonds. The van der Waals surface area contributed by atoms with Crippen LogP contribution in [-0.4, -0.2) is 0 Å². The zero-order valence-electron chi connectivity index (χ0n) is 10.2. The van der Waals surface area contributed by atoms with Gasteiger partial charge in [-0.15, -0.1) is 11.3 Å². The van der Waals surface area contributed by atoms with Gasteiger partial charge in [-0.25, -0.2) is 0 Å². The quantitative estimate of drug-likeness (QED) is 0.695. The van der Waals surface area contributed by atoms with Crippen molar-refractivity contribution in [2.45, 2.75) is 25.0 Å². The van der Waals surface area contributed by atoms with Crippen LogP contribution in [0.2, 0.25) is 0 Å². The number of ether oxygens (including phenoxy) is 1. The van der Waals surface area contributed by atoms with E-state index in [4.69, 9.17) is 4.74 Å². The molecule has 2 unspecified atom stereocenters. The Morgan fingerprint density at radius 2 is 1.78 bits per heavy atom. The Balaban J connectivity index is 1.83. The summed E-state index contributed by atoms with van der Waals surface area (Å²) in [6.45, 7) is 4.17. The molecular formula is C16H16OS. The van der Waals surface area contributed by atoms with Crippen LogP contribution < -0.4 is 0 Å². The van der Waals surface area contributed by atoms with Crippen LogP contribution in [0.25, 0.3) is 0 Å². The summed E-state index contributed by atoms with van der Waals surface area (Å²) in [6.07, 6.45) is 2.21. The maximum absolute atomic E-state index is 6.24. The Morgan fingerprint density at radius 1 is 1.00 bits per heavy atom. The van der Waals surface area contributed by atoms with Crippen LogP contribution in [0.15, 0.2) is 60.0 Å². The summed E-state index contributed by atoms with van der Waals surface area (Å²) < 4.78 is 6.24. The minimum atomic E-state index is 0.152. The van der Waals surface area contributed by atoms with Crippen molar-refractivity contribution in [1.29, 1.82) is 0 Å². The van der Waals surface area contributed by atoms with E-state index in [2.05, 4.69) is 48.4 Å². The molecule has 2 heterocycles. The molecule has 0 radical (unpaired) electrons. The standard InChI is InChI=1S/C16H16OS/c1-12-10-14(13-6-3-2-4-7-13)17-15(11-12)16-8-5-9-18-16/h2-9,14-15H,1,10-11H2. The highest BCUT2D eigenvalue weighted by molar-refractivity contribution is 7.10. The topological polar surface area (TPSA) is 9.23 Å². The highest BCUT2D eigenvalue weighted by Crippen LogP contribution is 2.41. The van der Waals surface area contributed by atoms with Crippen molar-refractivity contribution in [2.24, 2.45) is 0 Å². The summed E-state index contributed by atoms with van der Waals surface area (Å²) in [4.78, 5) is 1.30. The van der Waals surface area contributed by atoms with E-state index < -0.39 is 0 Å². The largest absolute Gasteiger partial charge is 0.364 e. The third-order valence-corrected chi connectivity index (χ3v) is 4.27. The molecule has 92 valence electrons. The first kappa shape index (κ1) is 11.7. The molecule has 0 spiro atoms. The summed E-state index contributed by atoms with van der Waals surface area (Å²) in [5, 5.41) is 2.10. The van der Waals surface area contributed by atoms with Crippen LogP contribution in [0.3, 0.4) is 0 Å². The van der Waals surface area contributed by atoms with Crippen LogP contribution in [0.5, 0.6) is 0 Å². The van der Waals surface area contributed by atoms with Crippen molar-refractivity contribution >= 4 is 11.3 Å². The van der Waals surface area contributed by atoms with Crippen LogP contribution in [0, 0.1) is 0 Å². The molecule has 2 atom stereocenters. The summed E-state index contributed by atoms with van der Waals surface area (Å²) in [5.74, 6) is 0. The molecule has 0 N–H and O–H groups in total. The van der Waals surface area contributed by atoms with Crippen LogP contribution >= 0.6 is 11.3 Å². The molecule has 1 aliphatic heterocycles. The highest BCUT2D eigenvalue weighted by Gasteiger charge is 2.27. The van der Waals surface area contributed by atoms with E-state index in [0.717, 1.165) is 12.8 Å². The van der Waals surface area contributed by atoms with Gasteiger partial charge in [0.15, 0.2) is 0 Å². The van der Waals surface area contributed by atoms with E-state index in [-0.39, 0.29) is 12.2 Å². The molecule has 2 aromatic rings. The number of hydrogen-bond donors (Lipinski definition) is 0. The second-order valence-electron chi connectivity index (χ2n) is 4.70. The molecule has 1 aromatic carbocycles. The Bertz CT molecular complexity index is 515. The Hall–Kier alpha value is -1.38. The second-order valence-corrected chi connectivity index (χ2v) is 5.68. The van der Waals surface area contributed by atoms with Gasteiger partial charge in [-0.2, -0.15) is 0 Å². The lowest BCUT2D eigenvalue weighted by Crippen LogP contribution is -2.17. The molecule has 1 saturated heterocycles. The lowest BCUT2D eigenvalue weighted by atomic mass is 9.94. The van der Waals surface area contributed by atoms with Crippen molar-refractivity contribution in [2.75, 3.05) is 0 Å². The lowest BCUT2D eigenvalue weighted by Gasteiger charge is -2.31. The monoisotopic (exact) mass is 256 g/mol. The van der Waals surface area contributed by atoms with Crippen molar-refractivity contribution in [1.82, 2.24) is 0 Å². The molecule has 18 heavy (non-hydrogen) atoms. The van der Waals surface area contributed by atoms with Gasteiger partial charge < -0.3 is 4.74 Å². The van der Waals surface area contributed by atoms with E-state index in [9.17, 15) is 0 Å². The molecular weight excluding hydrogens is 240 g/mol. The van der Waals surface area contributed by atoms with E-state index in [0.29, 0.717) is 0 Å². The van der Waals surface area contributed by atoms with Crippen molar-refractivity contribution < 1.29 is 4.74 Å². The van der Waals surface area contributed by atoms with Gasteiger partial charge in [0.05, 0.1) is 12.2 Å². The van der Waals surface area contributed by atoms with E-state index in [1.807, 2.05) is 6.07 Å². The predicted molar refractivity (Wildman–Crippen MR) is 75.7 cm³/mol. The lowest BCUT2D eigenvalue weighted by molar-refractivity contribution is -0.0326. The molecule has 1 aliphatic rings. The summed E-state index contributed by atoms with van der Waals surface area (Å²) in [6, 6.07) is 14.7. The zero-order chi connectivity index (χ0) is 12.4. The van der Waals surface area contributed by atoms with Gasteiger partial charge in [0, 0.05) is 4.88 Å². The molecule has 0 aliphatic carbocycles. The van der Waals surface area contributed by atoms with Gasteiger partial charge in [0.2, 0.25) is 0 Å². The molecule has 0 bridgehead atoms. The SMILES string of the molecule is C=C1CC(c2ccccc2)OC(c2cccs2)C1. The first-order chi connectivity index (χ1) is 8.83. The molecule has 2 heteroatoms. The second kappa shape index (κ2) is 5.09. The highest BCUT2D eigenvalue weighted by atomic mass is 32.1. The summed E-state index contributed by atoms with van der Waals surface area (Å²) in [7, 11) is 0. The average molecular weight is 256 g/mol. The number of benzene rings is 1. The average Bonchev–Trinajstić information content (AvgIpc) is 2.93. The fraction of sp³-hybridized carbons (Fsp3) is 0.250. The maximum atomic E-state index is 6.24. The van der Waals surface area contributed by atoms with Crippen LogP contribution in [-0.2, 0) is 4.74 Å². The van der Waals surface area contributed by atoms with E-state index in [1.165, 1.54) is 16.0 Å². The van der Waals surface area contributed by atoms with Gasteiger partial charge >= 0.3 is 0 Å². The minimum Gasteiger partial charge on any atom is -0.364 e. The van der Waals surface area contributed by atoms with E-state index >= 15 is 0 Å². The Morgan fingerprint density at radius 3 is 2.50 bits per heavy atom. The first-order valence-corrected chi connectivity index (χ1v) is 7.11. The van der Waals surface area contributed by atoms with E-state index in [1.54, 1.807) is 11.3 Å². The normalized spacial score (nSPS) is 24.1. The third kappa shape index (κ3) is 2.40. The number of hydrogen-bond acceptors (Lipinski definition) is 2. The first-order valence-electron chi connectivity index (χ1n) is 6.23. The molecule has 1 nitrogen and oxygen atoms in total. The van der Waals surface area contributed by atoms with Gasteiger partial charge in [-0.1, -0.05) is 48.6 Å². The minimum absolute atomic E-state index is 0.152. The maximum Gasteiger partial charge on any atom is 0.0962 e. The predicted octanol–water partition coefficient (Wildman–Crippen LogP) is 4.90. The zero-order valence-corrected chi connectivity index (χ0v) is 11.0. The molecule has 3 rings (SSSR count). The summed E-state index contributed by atoms with van der Waals surface area (Å²) in [5.41, 5.74) is 2.54. The molecule has 1 aromatic heterocycles. The van der Waals surface area contributed by atoms with Crippen LogP contribution in [0.1, 0.15) is 35.5 Å². The van der Waals surface area contributed by atoms with Gasteiger partial charge in [0.25, 0.3) is 0 Å². The number of thiophene rings is 1. The van der Waals surface area contributed by atoms with Gasteiger partial charge in [-0.3, -0.25) is 0 Å². The van der Waals surface area contributed by atoms with Crippen molar-refractivity contribution in [3.05, 3.63) is 70.4 Å². The fourth-order valence-corrected chi connectivity index (χ4v) is 3.17. The summed E-state index contributed by atoms with van der Waals surface area (Å²) >= 11 is 1.76. The Kier molecular flexibility index (Phi) is 3.31. The Labute approximate surface area is 112 Å². The molecule has 0 saturated carbocycles. The van der Waals surface area contributed by atoms with Crippen molar-refractivity contribution in [3.8, 4) is 0 Å². The van der Waals surface area contributed by atoms with Gasteiger partial charge in [0.1, 0.15) is 0 Å². The van der Waals surface area contributed by atoms with Crippen molar-refractivity contribution in [3.63, 3.8) is 0 Å². The van der Waals surface area contributed by atoms with Gasteiger partial charge in [-0.05, 0) is 29.9 Å².